The minimum Gasteiger partial charge on any atom is -0.377 e. The van der Waals surface area contributed by atoms with Gasteiger partial charge < -0.3 is 9.57 Å². The fraction of sp³-hybridized carbons (Fsp3) is 1.00. The zero-order chi connectivity index (χ0) is 6.69. The van der Waals surface area contributed by atoms with Crippen molar-refractivity contribution in [3.63, 3.8) is 0 Å². The summed E-state index contributed by atoms with van der Waals surface area (Å²) in [5.74, 6) is 0. The lowest BCUT2D eigenvalue weighted by Crippen LogP contribution is -2.33. The van der Waals surface area contributed by atoms with Crippen molar-refractivity contribution in [2.45, 2.75) is 25.5 Å². The lowest BCUT2D eigenvalue weighted by Gasteiger charge is -2.12. The molecular formula is C6H13NO2. The maximum atomic E-state index is 5.28. The van der Waals surface area contributed by atoms with E-state index in [1.54, 1.807) is 7.11 Å². The Morgan fingerprint density at radius 3 is 2.89 bits per heavy atom. The molecule has 1 fully saturated rings. The quantitative estimate of drug-likeness (QED) is 0.547. The Labute approximate surface area is 55.3 Å². The molecule has 0 saturated carbocycles. The van der Waals surface area contributed by atoms with Crippen LogP contribution in [0.3, 0.4) is 0 Å². The van der Waals surface area contributed by atoms with E-state index in [9.17, 15) is 0 Å². The third kappa shape index (κ3) is 1.64. The molecule has 1 N–H and O–H groups in total. The molecule has 1 heterocycles. The number of nitrogens with one attached hydrogen (secondary N) is 1. The molecule has 9 heavy (non-hydrogen) atoms. The average Bonchev–Trinajstić information content (AvgIpc) is 2.18. The number of ether oxygens (including phenoxy) is 1. The van der Waals surface area contributed by atoms with E-state index < -0.39 is 0 Å². The van der Waals surface area contributed by atoms with Gasteiger partial charge in [-0.2, -0.15) is 5.48 Å². The Bertz CT molecular complexity index is 87.1. The molecule has 0 aromatic carbocycles. The van der Waals surface area contributed by atoms with Gasteiger partial charge in [-0.05, 0) is 13.3 Å². The standard InChI is InChI=1S/C6H13NO2/c1-5-6(7-8-2)3-4-9-5/h5-7H,3-4H2,1-2H3. The summed E-state index contributed by atoms with van der Waals surface area (Å²) in [5, 5.41) is 0. The zero-order valence-electron chi connectivity index (χ0n) is 5.89. The van der Waals surface area contributed by atoms with Crippen LogP contribution in [0.15, 0.2) is 0 Å². The molecule has 0 radical (unpaired) electrons. The van der Waals surface area contributed by atoms with E-state index in [-0.39, 0.29) is 0 Å². The van der Waals surface area contributed by atoms with Crippen LogP contribution in [-0.4, -0.2) is 25.9 Å². The number of hydrogen-bond donors (Lipinski definition) is 1. The molecule has 1 aliphatic heterocycles. The topological polar surface area (TPSA) is 30.5 Å². The second-order valence-electron chi connectivity index (χ2n) is 2.29. The smallest absolute Gasteiger partial charge is 0.0723 e. The fourth-order valence-corrected chi connectivity index (χ4v) is 1.04. The number of rotatable bonds is 2. The van der Waals surface area contributed by atoms with Crippen LogP contribution >= 0.6 is 0 Å². The molecule has 3 heteroatoms. The highest BCUT2D eigenvalue weighted by molar-refractivity contribution is 4.75. The van der Waals surface area contributed by atoms with Crippen LogP contribution in [0.1, 0.15) is 13.3 Å². The predicted octanol–water partition coefficient (Wildman–Crippen LogP) is 0.315. The van der Waals surface area contributed by atoms with Crippen molar-refractivity contribution in [2.75, 3.05) is 13.7 Å². The van der Waals surface area contributed by atoms with Gasteiger partial charge in [0.1, 0.15) is 0 Å². The summed E-state index contributed by atoms with van der Waals surface area (Å²) in [6.07, 6.45) is 1.35. The van der Waals surface area contributed by atoms with Crippen LogP contribution in [0, 0.1) is 0 Å². The van der Waals surface area contributed by atoms with Gasteiger partial charge in [-0.15, -0.1) is 0 Å². The summed E-state index contributed by atoms with van der Waals surface area (Å²) in [5.41, 5.74) is 2.87. The normalized spacial score (nSPS) is 35.3. The summed E-state index contributed by atoms with van der Waals surface area (Å²) >= 11 is 0. The van der Waals surface area contributed by atoms with Gasteiger partial charge in [0.15, 0.2) is 0 Å². The van der Waals surface area contributed by atoms with Crippen molar-refractivity contribution in [3.8, 4) is 0 Å². The van der Waals surface area contributed by atoms with Crippen LogP contribution in [0.4, 0.5) is 0 Å². The first-order chi connectivity index (χ1) is 4.34. The molecule has 54 valence electrons. The summed E-state index contributed by atoms with van der Waals surface area (Å²) in [4.78, 5) is 4.77. The van der Waals surface area contributed by atoms with Crippen molar-refractivity contribution in [2.24, 2.45) is 0 Å². The Morgan fingerprint density at radius 2 is 2.44 bits per heavy atom. The lowest BCUT2D eigenvalue weighted by atomic mass is 10.2. The van der Waals surface area contributed by atoms with E-state index in [1.165, 1.54) is 0 Å². The van der Waals surface area contributed by atoms with Gasteiger partial charge in [-0.1, -0.05) is 0 Å². The zero-order valence-corrected chi connectivity index (χ0v) is 5.89. The average molecular weight is 131 g/mol. The third-order valence-corrected chi connectivity index (χ3v) is 1.65. The highest BCUT2D eigenvalue weighted by atomic mass is 16.6. The lowest BCUT2D eigenvalue weighted by molar-refractivity contribution is 0.0288. The van der Waals surface area contributed by atoms with E-state index in [2.05, 4.69) is 5.48 Å². The van der Waals surface area contributed by atoms with E-state index >= 15 is 0 Å². The summed E-state index contributed by atoms with van der Waals surface area (Å²) in [7, 11) is 1.63. The Morgan fingerprint density at radius 1 is 1.67 bits per heavy atom. The van der Waals surface area contributed by atoms with Gasteiger partial charge in [0, 0.05) is 6.61 Å². The first-order valence-corrected chi connectivity index (χ1v) is 3.24. The molecule has 0 bridgehead atoms. The first-order valence-electron chi connectivity index (χ1n) is 3.24. The minimum atomic E-state index is 0.296. The van der Waals surface area contributed by atoms with E-state index in [0.29, 0.717) is 12.1 Å². The maximum Gasteiger partial charge on any atom is 0.0723 e. The second-order valence-corrected chi connectivity index (χ2v) is 2.29. The molecular weight excluding hydrogens is 118 g/mol. The van der Waals surface area contributed by atoms with Crippen LogP contribution in [0.2, 0.25) is 0 Å². The molecule has 3 nitrogen and oxygen atoms in total. The molecule has 0 aromatic rings. The van der Waals surface area contributed by atoms with E-state index in [4.69, 9.17) is 9.57 Å². The summed E-state index contributed by atoms with van der Waals surface area (Å²) in [6, 6.07) is 0.384. The molecule has 0 spiro atoms. The van der Waals surface area contributed by atoms with Gasteiger partial charge in [0.05, 0.1) is 19.3 Å². The van der Waals surface area contributed by atoms with Crippen molar-refractivity contribution in [1.82, 2.24) is 5.48 Å². The molecule has 2 atom stereocenters. The highest BCUT2D eigenvalue weighted by Gasteiger charge is 2.23. The third-order valence-electron chi connectivity index (χ3n) is 1.65. The largest absolute Gasteiger partial charge is 0.377 e. The van der Waals surface area contributed by atoms with Gasteiger partial charge in [-0.25, -0.2) is 0 Å². The first kappa shape index (κ1) is 6.99. The van der Waals surface area contributed by atoms with E-state index in [1.807, 2.05) is 6.92 Å². The van der Waals surface area contributed by atoms with Gasteiger partial charge in [0.2, 0.25) is 0 Å². The van der Waals surface area contributed by atoms with Crippen molar-refractivity contribution in [3.05, 3.63) is 0 Å². The molecule has 1 aliphatic rings. The number of hydroxylamine groups is 1. The molecule has 0 aromatic heterocycles. The molecule has 1 rings (SSSR count). The summed E-state index contributed by atoms with van der Waals surface area (Å²) < 4.78 is 5.28. The molecule has 1 saturated heterocycles. The summed E-state index contributed by atoms with van der Waals surface area (Å²) in [6.45, 7) is 2.89. The van der Waals surface area contributed by atoms with Crippen LogP contribution in [0.5, 0.6) is 0 Å². The van der Waals surface area contributed by atoms with Crippen LogP contribution < -0.4 is 5.48 Å². The molecule has 0 aliphatic carbocycles. The maximum absolute atomic E-state index is 5.28. The second kappa shape index (κ2) is 3.15. The molecule has 0 amide bonds. The highest BCUT2D eigenvalue weighted by Crippen LogP contribution is 2.11. The SMILES string of the molecule is CONC1CCOC1C. The monoisotopic (exact) mass is 131 g/mol. The van der Waals surface area contributed by atoms with Crippen molar-refractivity contribution >= 4 is 0 Å². The predicted molar refractivity (Wildman–Crippen MR) is 34.0 cm³/mol. The van der Waals surface area contributed by atoms with Crippen LogP contribution in [0.25, 0.3) is 0 Å². The Balaban J connectivity index is 2.22. The van der Waals surface area contributed by atoms with E-state index in [0.717, 1.165) is 13.0 Å². The van der Waals surface area contributed by atoms with Gasteiger partial charge >= 0.3 is 0 Å². The van der Waals surface area contributed by atoms with Gasteiger partial charge in [0.25, 0.3) is 0 Å². The molecule has 2 unspecified atom stereocenters. The Hall–Kier alpha value is -0.120. The number of hydrogen-bond acceptors (Lipinski definition) is 3. The minimum absolute atomic E-state index is 0.296. The van der Waals surface area contributed by atoms with Crippen molar-refractivity contribution in [1.29, 1.82) is 0 Å². The van der Waals surface area contributed by atoms with Crippen LogP contribution in [-0.2, 0) is 9.57 Å². The van der Waals surface area contributed by atoms with Crippen molar-refractivity contribution < 1.29 is 9.57 Å². The Kier molecular flexibility index (Phi) is 2.45. The fourth-order valence-electron chi connectivity index (χ4n) is 1.04. The van der Waals surface area contributed by atoms with Gasteiger partial charge in [-0.3, -0.25) is 0 Å².